The van der Waals surface area contributed by atoms with Crippen molar-refractivity contribution in [3.05, 3.63) is 57.6 Å². The molecule has 1 amide bonds. The second-order valence-electron chi connectivity index (χ2n) is 6.91. The van der Waals surface area contributed by atoms with Gasteiger partial charge in [0.05, 0.1) is 23.4 Å². The van der Waals surface area contributed by atoms with Crippen molar-refractivity contribution in [3.63, 3.8) is 0 Å². The van der Waals surface area contributed by atoms with Crippen LogP contribution in [0.5, 0.6) is 11.5 Å². The number of hydrogen-bond acceptors (Lipinski definition) is 6. The van der Waals surface area contributed by atoms with Crippen LogP contribution in [0, 0.1) is 0 Å². The summed E-state index contributed by atoms with van der Waals surface area (Å²) in [6, 6.07) is 7.36. The van der Waals surface area contributed by atoms with Crippen molar-refractivity contribution in [3.8, 4) is 11.5 Å². The molecule has 35 heavy (non-hydrogen) atoms. The number of hydrogen-bond donors (Lipinski definition) is 2. The first-order chi connectivity index (χ1) is 16.4. The summed E-state index contributed by atoms with van der Waals surface area (Å²) in [5.41, 5.74) is -2.57. The van der Waals surface area contributed by atoms with E-state index in [4.69, 9.17) is 19.7 Å². The molecule has 0 saturated carbocycles. The molecular weight excluding hydrogens is 541 g/mol. The van der Waals surface area contributed by atoms with E-state index in [2.05, 4.69) is 21.0 Å². The number of carboxylic acid groups (broad SMARTS) is 2. The standard InChI is InChI=1S/C22H16BrF3N2O7/c1-2-34-16-8-12(15(23)9-17(16)35-10-18(29)30)7-14-19(22(24,25)26)27-28(20(14)31)13-5-3-4-11(6-13)21(32)33/h3-9H,2,10H2,1H3,(H,29,30)(H,32,33). The van der Waals surface area contributed by atoms with Gasteiger partial charge in [-0.1, -0.05) is 22.0 Å². The van der Waals surface area contributed by atoms with Gasteiger partial charge in [0.1, 0.15) is 0 Å². The Bertz CT molecular complexity index is 1260. The van der Waals surface area contributed by atoms with Crippen LogP contribution in [0.15, 0.2) is 51.5 Å². The molecule has 1 aliphatic heterocycles. The van der Waals surface area contributed by atoms with Gasteiger partial charge in [0.2, 0.25) is 0 Å². The van der Waals surface area contributed by atoms with E-state index in [0.717, 1.165) is 12.1 Å². The number of rotatable bonds is 8. The molecule has 0 radical (unpaired) electrons. The monoisotopic (exact) mass is 556 g/mol. The topological polar surface area (TPSA) is 126 Å². The Morgan fingerprint density at radius 2 is 1.83 bits per heavy atom. The summed E-state index contributed by atoms with van der Waals surface area (Å²) < 4.78 is 52.1. The van der Waals surface area contributed by atoms with Crippen molar-refractivity contribution in [1.82, 2.24) is 0 Å². The van der Waals surface area contributed by atoms with Crippen LogP contribution in [-0.2, 0) is 9.59 Å². The fraction of sp³-hybridized carbons (Fsp3) is 0.182. The highest BCUT2D eigenvalue weighted by Gasteiger charge is 2.47. The summed E-state index contributed by atoms with van der Waals surface area (Å²) >= 11 is 3.18. The van der Waals surface area contributed by atoms with E-state index in [1.54, 1.807) is 6.92 Å². The Hall–Kier alpha value is -3.87. The minimum Gasteiger partial charge on any atom is -0.490 e. The van der Waals surface area contributed by atoms with Crippen LogP contribution >= 0.6 is 15.9 Å². The maximum absolute atomic E-state index is 13.8. The Kier molecular flexibility index (Phi) is 7.48. The lowest BCUT2D eigenvalue weighted by molar-refractivity contribution is -0.139. The van der Waals surface area contributed by atoms with E-state index in [1.165, 1.54) is 30.3 Å². The minimum atomic E-state index is -5.00. The van der Waals surface area contributed by atoms with E-state index in [0.29, 0.717) is 5.01 Å². The van der Waals surface area contributed by atoms with E-state index in [1.807, 2.05) is 0 Å². The Morgan fingerprint density at radius 3 is 2.43 bits per heavy atom. The number of ether oxygens (including phenoxy) is 2. The van der Waals surface area contributed by atoms with Crippen LogP contribution in [0.25, 0.3) is 6.08 Å². The number of alkyl halides is 3. The number of anilines is 1. The molecular formula is C22H16BrF3N2O7. The highest BCUT2D eigenvalue weighted by molar-refractivity contribution is 9.10. The van der Waals surface area contributed by atoms with Gasteiger partial charge in [-0.3, -0.25) is 4.79 Å². The molecule has 0 bridgehead atoms. The summed E-state index contributed by atoms with van der Waals surface area (Å²) in [6.45, 7) is 1.10. The van der Waals surface area contributed by atoms with Gasteiger partial charge in [-0.2, -0.15) is 23.3 Å². The maximum atomic E-state index is 13.8. The number of carbonyl (C=O) groups is 3. The van der Waals surface area contributed by atoms with E-state index >= 15 is 0 Å². The summed E-state index contributed by atoms with van der Waals surface area (Å²) in [5.74, 6) is -3.63. The van der Waals surface area contributed by atoms with Gasteiger partial charge < -0.3 is 19.7 Å². The fourth-order valence-electron chi connectivity index (χ4n) is 3.04. The second kappa shape index (κ2) is 10.2. The first kappa shape index (κ1) is 25.7. The number of carboxylic acids is 2. The predicted molar refractivity (Wildman–Crippen MR) is 121 cm³/mol. The summed E-state index contributed by atoms with van der Waals surface area (Å²) in [5, 5.41) is 21.9. The molecule has 0 saturated heterocycles. The molecule has 1 heterocycles. The molecule has 184 valence electrons. The number of hydrazone groups is 1. The van der Waals surface area contributed by atoms with E-state index in [9.17, 15) is 27.6 Å². The molecule has 0 fully saturated rings. The van der Waals surface area contributed by atoms with Crippen LogP contribution < -0.4 is 14.5 Å². The van der Waals surface area contributed by atoms with Crippen LogP contribution in [0.3, 0.4) is 0 Å². The molecule has 3 rings (SSSR count). The zero-order valence-electron chi connectivity index (χ0n) is 17.8. The van der Waals surface area contributed by atoms with Crippen LogP contribution in [-0.4, -0.2) is 53.2 Å². The number of nitrogens with zero attached hydrogens (tertiary/aromatic N) is 2. The molecule has 0 unspecified atom stereocenters. The SMILES string of the molecule is CCOc1cc(C=C2C(=O)N(c3cccc(C(=O)O)c3)N=C2C(F)(F)F)c(Br)cc1OCC(=O)O. The second-order valence-corrected chi connectivity index (χ2v) is 7.77. The van der Waals surface area contributed by atoms with Gasteiger partial charge >= 0.3 is 18.1 Å². The normalized spacial score (nSPS) is 14.8. The summed E-state index contributed by atoms with van der Waals surface area (Å²) in [4.78, 5) is 35.0. The maximum Gasteiger partial charge on any atom is 0.435 e. The number of benzene rings is 2. The quantitative estimate of drug-likeness (QED) is 0.462. The number of halogens is 4. The van der Waals surface area contributed by atoms with Gasteiger partial charge in [-0.15, -0.1) is 0 Å². The number of aromatic carboxylic acids is 1. The molecule has 2 aromatic carbocycles. The van der Waals surface area contributed by atoms with Crippen molar-refractivity contribution in [1.29, 1.82) is 0 Å². The fourth-order valence-corrected chi connectivity index (χ4v) is 3.47. The first-order valence-corrected chi connectivity index (χ1v) is 10.6. The highest BCUT2D eigenvalue weighted by Crippen LogP contribution is 2.38. The first-order valence-electron chi connectivity index (χ1n) is 9.79. The lowest BCUT2D eigenvalue weighted by Gasteiger charge is -2.14. The van der Waals surface area contributed by atoms with Gasteiger partial charge in [0, 0.05) is 4.47 Å². The summed E-state index contributed by atoms with van der Waals surface area (Å²) in [7, 11) is 0. The highest BCUT2D eigenvalue weighted by atomic mass is 79.9. The molecule has 2 N–H and O–H groups in total. The van der Waals surface area contributed by atoms with Crippen molar-refractivity contribution >= 4 is 51.3 Å². The molecule has 0 aromatic heterocycles. The van der Waals surface area contributed by atoms with Gasteiger partial charge in [0.15, 0.2) is 23.8 Å². The summed E-state index contributed by atoms with van der Waals surface area (Å²) in [6.07, 6.45) is -4.05. The van der Waals surface area contributed by atoms with Crippen LogP contribution in [0.4, 0.5) is 18.9 Å². The van der Waals surface area contributed by atoms with Crippen molar-refractivity contribution in [2.24, 2.45) is 5.10 Å². The van der Waals surface area contributed by atoms with Crippen molar-refractivity contribution in [2.45, 2.75) is 13.1 Å². The number of carbonyl (C=O) groups excluding carboxylic acids is 1. The third kappa shape index (κ3) is 5.80. The molecule has 2 aromatic rings. The van der Waals surface area contributed by atoms with E-state index in [-0.39, 0.29) is 39.4 Å². The molecule has 0 spiro atoms. The average molecular weight is 557 g/mol. The Balaban J connectivity index is 2.09. The predicted octanol–water partition coefficient (Wildman–Crippen LogP) is 4.36. The molecule has 0 aliphatic carbocycles. The number of amides is 1. The largest absolute Gasteiger partial charge is 0.490 e. The van der Waals surface area contributed by atoms with Gasteiger partial charge in [-0.05, 0) is 48.9 Å². The van der Waals surface area contributed by atoms with Crippen molar-refractivity contribution < 1.29 is 47.2 Å². The third-order valence-electron chi connectivity index (χ3n) is 4.50. The average Bonchev–Trinajstić information content (AvgIpc) is 3.11. The lowest BCUT2D eigenvalue weighted by Crippen LogP contribution is -2.25. The van der Waals surface area contributed by atoms with Gasteiger partial charge in [-0.25, -0.2) is 9.59 Å². The molecule has 9 nitrogen and oxygen atoms in total. The van der Waals surface area contributed by atoms with E-state index < -0.39 is 41.9 Å². The third-order valence-corrected chi connectivity index (χ3v) is 5.18. The van der Waals surface area contributed by atoms with Gasteiger partial charge in [0.25, 0.3) is 5.91 Å². The zero-order chi connectivity index (χ0) is 25.9. The Morgan fingerprint density at radius 1 is 1.14 bits per heavy atom. The zero-order valence-corrected chi connectivity index (χ0v) is 19.4. The van der Waals surface area contributed by atoms with Crippen molar-refractivity contribution in [2.75, 3.05) is 18.2 Å². The molecule has 0 atom stereocenters. The molecule has 13 heteroatoms. The lowest BCUT2D eigenvalue weighted by atomic mass is 10.1. The number of aliphatic carboxylic acids is 1. The molecule has 1 aliphatic rings. The minimum absolute atomic E-state index is 0.0258. The Labute approximate surface area is 204 Å². The smallest absolute Gasteiger partial charge is 0.435 e. The van der Waals surface area contributed by atoms with Crippen LogP contribution in [0.2, 0.25) is 0 Å². The van der Waals surface area contributed by atoms with Crippen LogP contribution in [0.1, 0.15) is 22.8 Å².